The van der Waals surface area contributed by atoms with Crippen LogP contribution in [-0.2, 0) is 14.0 Å². The fraction of sp³-hybridized carbons (Fsp3) is 0.529. The van der Waals surface area contributed by atoms with Gasteiger partial charge in [0.1, 0.15) is 0 Å². The number of allylic oxidation sites excluding steroid dienone is 1. The van der Waals surface area contributed by atoms with E-state index in [1.54, 1.807) is 6.08 Å². The SMILES string of the molecule is C=CCCCC(CCC1(CCO[Si](c2ccccc2)(c2ccccc2)C(C)(C)C)CCCCC1)(C(=O)O)C(=O)O. The molecule has 0 spiro atoms. The number of hydrogen-bond donors (Lipinski definition) is 2. The Labute approximate surface area is 241 Å². The zero-order chi connectivity index (χ0) is 29.3. The summed E-state index contributed by atoms with van der Waals surface area (Å²) in [4.78, 5) is 24.8. The Morgan fingerprint density at radius 3 is 1.85 bits per heavy atom. The quantitative estimate of drug-likeness (QED) is 0.103. The number of hydrogen-bond acceptors (Lipinski definition) is 3. The monoisotopic (exact) mass is 564 g/mol. The molecule has 0 aliphatic heterocycles. The van der Waals surface area contributed by atoms with Crippen LogP contribution < -0.4 is 10.4 Å². The minimum absolute atomic E-state index is 0.113. The van der Waals surface area contributed by atoms with Gasteiger partial charge in [-0.2, -0.15) is 0 Å². The van der Waals surface area contributed by atoms with E-state index in [9.17, 15) is 19.8 Å². The van der Waals surface area contributed by atoms with Crippen molar-refractivity contribution in [3.63, 3.8) is 0 Å². The Morgan fingerprint density at radius 2 is 1.40 bits per heavy atom. The maximum atomic E-state index is 12.4. The van der Waals surface area contributed by atoms with E-state index < -0.39 is 25.7 Å². The third-order valence-electron chi connectivity index (χ3n) is 9.19. The first-order valence-corrected chi connectivity index (χ1v) is 16.8. The van der Waals surface area contributed by atoms with Gasteiger partial charge >= 0.3 is 11.9 Å². The molecular weight excluding hydrogens is 516 g/mol. The van der Waals surface area contributed by atoms with E-state index in [4.69, 9.17) is 4.43 Å². The van der Waals surface area contributed by atoms with E-state index in [1.165, 1.54) is 16.8 Å². The molecule has 2 aromatic rings. The second-order valence-electron chi connectivity index (χ2n) is 12.7. The first-order chi connectivity index (χ1) is 19.0. The van der Waals surface area contributed by atoms with Crippen LogP contribution in [0.1, 0.15) is 91.4 Å². The van der Waals surface area contributed by atoms with Crippen LogP contribution in [0.15, 0.2) is 73.3 Å². The molecule has 2 N–H and O–H groups in total. The molecule has 0 heterocycles. The zero-order valence-electron chi connectivity index (χ0n) is 24.7. The maximum Gasteiger partial charge on any atom is 0.321 e. The number of carboxylic acids is 2. The number of carbonyl (C=O) groups is 2. The summed E-state index contributed by atoms with van der Waals surface area (Å²) < 4.78 is 7.20. The molecule has 0 amide bonds. The molecule has 1 aliphatic rings. The lowest BCUT2D eigenvalue weighted by Gasteiger charge is -2.45. The third kappa shape index (κ3) is 6.95. The topological polar surface area (TPSA) is 83.8 Å². The van der Waals surface area contributed by atoms with Gasteiger partial charge in [-0.25, -0.2) is 0 Å². The number of rotatable bonds is 15. The van der Waals surface area contributed by atoms with Crippen LogP contribution in [0.2, 0.25) is 5.04 Å². The van der Waals surface area contributed by atoms with E-state index in [0.717, 1.165) is 32.1 Å². The Bertz CT molecular complexity index is 1050. The van der Waals surface area contributed by atoms with Gasteiger partial charge in [0.15, 0.2) is 5.41 Å². The molecule has 0 unspecified atom stereocenters. The van der Waals surface area contributed by atoms with E-state index in [1.807, 2.05) is 12.1 Å². The third-order valence-corrected chi connectivity index (χ3v) is 14.2. The summed E-state index contributed by atoms with van der Waals surface area (Å²) in [5, 5.41) is 22.6. The van der Waals surface area contributed by atoms with Crippen molar-refractivity contribution in [3.8, 4) is 0 Å². The van der Waals surface area contributed by atoms with Gasteiger partial charge in [-0.1, -0.05) is 107 Å². The number of aliphatic carboxylic acids is 2. The van der Waals surface area contributed by atoms with Gasteiger partial charge in [0, 0.05) is 6.61 Å². The largest absolute Gasteiger partial charge is 0.480 e. The second-order valence-corrected chi connectivity index (χ2v) is 17.0. The summed E-state index contributed by atoms with van der Waals surface area (Å²) in [5.41, 5.74) is -1.87. The van der Waals surface area contributed by atoms with E-state index >= 15 is 0 Å². The highest BCUT2D eigenvalue weighted by Crippen LogP contribution is 2.47. The van der Waals surface area contributed by atoms with Crippen LogP contribution in [0.25, 0.3) is 0 Å². The molecule has 0 aromatic heterocycles. The molecule has 0 atom stereocenters. The Balaban J connectivity index is 1.90. The van der Waals surface area contributed by atoms with Crippen LogP contribution >= 0.6 is 0 Å². The number of unbranched alkanes of at least 4 members (excludes halogenated alkanes) is 1. The summed E-state index contributed by atoms with van der Waals surface area (Å²) in [5.74, 6) is -2.45. The fourth-order valence-corrected chi connectivity index (χ4v) is 11.3. The normalized spacial score (nSPS) is 15.9. The Kier molecular flexibility index (Phi) is 11.0. The first kappa shape index (κ1) is 31.8. The van der Waals surface area contributed by atoms with Crippen LogP contribution in [0.5, 0.6) is 0 Å². The molecule has 40 heavy (non-hydrogen) atoms. The standard InChI is InChI=1S/C34H48O5Si/c1-5-6-14-23-34(30(35)36,31(37)38)25-24-33(21-15-9-16-22-33)26-27-39-40(32(2,3)4,28-17-10-7-11-18-28)29-19-12-8-13-20-29/h5,7-8,10-13,17-20H,1,6,9,14-16,21-27H2,2-4H3,(H,35,36)(H,37,38). The summed E-state index contributed by atoms with van der Waals surface area (Å²) in [6.45, 7) is 11.1. The van der Waals surface area contributed by atoms with Gasteiger partial charge in [0.25, 0.3) is 8.32 Å². The summed E-state index contributed by atoms with van der Waals surface area (Å²) >= 11 is 0. The molecule has 0 radical (unpaired) electrons. The molecule has 0 saturated heterocycles. The van der Waals surface area contributed by atoms with Crippen LogP contribution in [-0.4, -0.2) is 37.1 Å². The average molecular weight is 565 g/mol. The molecule has 0 bridgehead atoms. The molecule has 1 aliphatic carbocycles. The summed E-state index contributed by atoms with van der Waals surface area (Å²) in [6, 6.07) is 21.2. The van der Waals surface area contributed by atoms with Gasteiger partial charge < -0.3 is 14.6 Å². The fourth-order valence-electron chi connectivity index (χ4n) is 6.78. The summed E-state index contributed by atoms with van der Waals surface area (Å²) in [6.07, 6.45) is 9.81. The smallest absolute Gasteiger partial charge is 0.321 e. The van der Waals surface area contributed by atoms with Gasteiger partial charge in [-0.3, -0.25) is 9.59 Å². The van der Waals surface area contributed by atoms with Crippen molar-refractivity contribution in [1.82, 2.24) is 0 Å². The van der Waals surface area contributed by atoms with E-state index in [0.29, 0.717) is 25.9 Å². The highest BCUT2D eigenvalue weighted by Gasteiger charge is 2.51. The molecule has 6 heteroatoms. The van der Waals surface area contributed by atoms with Crippen molar-refractivity contribution >= 4 is 30.6 Å². The van der Waals surface area contributed by atoms with E-state index in [2.05, 4.69) is 75.9 Å². The summed E-state index contributed by atoms with van der Waals surface area (Å²) in [7, 11) is -2.68. The Morgan fingerprint density at radius 1 is 0.875 bits per heavy atom. The van der Waals surface area contributed by atoms with Crippen molar-refractivity contribution < 1.29 is 24.2 Å². The van der Waals surface area contributed by atoms with Crippen LogP contribution in [0.4, 0.5) is 0 Å². The molecule has 218 valence electrons. The van der Waals surface area contributed by atoms with Crippen molar-refractivity contribution in [2.45, 2.75) is 96.4 Å². The predicted molar refractivity (Wildman–Crippen MR) is 165 cm³/mol. The predicted octanol–water partition coefficient (Wildman–Crippen LogP) is 7.20. The Hall–Kier alpha value is -2.70. The first-order valence-electron chi connectivity index (χ1n) is 14.9. The van der Waals surface area contributed by atoms with Crippen molar-refractivity contribution in [3.05, 3.63) is 73.3 Å². The van der Waals surface area contributed by atoms with Gasteiger partial charge in [-0.05, 0) is 72.2 Å². The van der Waals surface area contributed by atoms with E-state index in [-0.39, 0.29) is 23.3 Å². The molecule has 1 fully saturated rings. The van der Waals surface area contributed by atoms with Crippen molar-refractivity contribution in [1.29, 1.82) is 0 Å². The molecule has 5 nitrogen and oxygen atoms in total. The van der Waals surface area contributed by atoms with Gasteiger partial charge in [0.05, 0.1) is 0 Å². The number of carboxylic acid groups (broad SMARTS) is 2. The van der Waals surface area contributed by atoms with Crippen LogP contribution in [0.3, 0.4) is 0 Å². The minimum Gasteiger partial charge on any atom is -0.480 e. The minimum atomic E-state index is -2.68. The molecular formula is C34H48O5Si. The molecule has 1 saturated carbocycles. The lowest BCUT2D eigenvalue weighted by Crippen LogP contribution is -2.66. The van der Waals surface area contributed by atoms with Gasteiger partial charge in [-0.15, -0.1) is 6.58 Å². The second kappa shape index (κ2) is 13.8. The lowest BCUT2D eigenvalue weighted by molar-refractivity contribution is -0.166. The van der Waals surface area contributed by atoms with Crippen molar-refractivity contribution in [2.24, 2.45) is 10.8 Å². The lowest BCUT2D eigenvalue weighted by atomic mass is 9.65. The maximum absolute atomic E-state index is 12.4. The zero-order valence-corrected chi connectivity index (χ0v) is 25.7. The van der Waals surface area contributed by atoms with Crippen LogP contribution in [0, 0.1) is 10.8 Å². The highest BCUT2D eigenvalue weighted by molar-refractivity contribution is 6.99. The average Bonchev–Trinajstić information content (AvgIpc) is 2.93. The van der Waals surface area contributed by atoms with Crippen molar-refractivity contribution in [2.75, 3.05) is 6.61 Å². The molecule has 3 rings (SSSR count). The molecule has 2 aromatic carbocycles. The number of benzene rings is 2. The van der Waals surface area contributed by atoms with Gasteiger partial charge in [0.2, 0.25) is 0 Å². The highest BCUT2D eigenvalue weighted by atomic mass is 28.4.